The van der Waals surface area contributed by atoms with E-state index in [1.807, 2.05) is 18.9 Å². The van der Waals surface area contributed by atoms with Gasteiger partial charge in [0.25, 0.3) is 0 Å². The maximum Gasteiger partial charge on any atom is 0.318 e. The minimum atomic E-state index is 0.0760. The molecule has 0 radical (unpaired) electrons. The average molecular weight is 275 g/mol. The molecule has 94 valence electrons. The summed E-state index contributed by atoms with van der Waals surface area (Å²) in [6.45, 7) is 2.58. The first-order valence-corrected chi connectivity index (χ1v) is 5.81. The molecule has 1 unspecified atom stereocenters. The second-order valence-electron chi connectivity index (χ2n) is 3.71. The molecule has 0 amide bonds. The summed E-state index contributed by atoms with van der Waals surface area (Å²) >= 11 is 11.0. The zero-order valence-electron chi connectivity index (χ0n) is 9.98. The van der Waals surface area contributed by atoms with E-state index in [-0.39, 0.29) is 11.9 Å². The number of thiocarbonyl (C=S) groups is 1. The molecule has 0 fully saturated rings. The van der Waals surface area contributed by atoms with Gasteiger partial charge in [-0.2, -0.15) is 4.98 Å². The molecule has 0 saturated heterocycles. The summed E-state index contributed by atoms with van der Waals surface area (Å²) < 4.78 is 4.95. The van der Waals surface area contributed by atoms with Gasteiger partial charge in [0.1, 0.15) is 5.02 Å². The van der Waals surface area contributed by atoms with Gasteiger partial charge >= 0.3 is 6.01 Å². The Labute approximate surface area is 111 Å². The fraction of sp³-hybridized carbons (Fsp3) is 0.500. The van der Waals surface area contributed by atoms with Gasteiger partial charge in [-0.1, -0.05) is 30.7 Å². The summed E-state index contributed by atoms with van der Waals surface area (Å²) in [5.74, 6) is 0.675. The monoisotopic (exact) mass is 274 g/mol. The molecular formula is C10H15ClN4OS. The van der Waals surface area contributed by atoms with E-state index in [2.05, 4.69) is 9.97 Å². The van der Waals surface area contributed by atoms with Crippen LogP contribution in [0.25, 0.3) is 0 Å². The van der Waals surface area contributed by atoms with Crippen LogP contribution in [0.4, 0.5) is 5.82 Å². The van der Waals surface area contributed by atoms with Crippen molar-refractivity contribution < 1.29 is 4.74 Å². The van der Waals surface area contributed by atoms with Gasteiger partial charge in [0.05, 0.1) is 18.3 Å². The van der Waals surface area contributed by atoms with E-state index < -0.39 is 0 Å². The average Bonchev–Trinajstić information content (AvgIpc) is 2.29. The van der Waals surface area contributed by atoms with Gasteiger partial charge in [-0.25, -0.2) is 4.98 Å². The maximum atomic E-state index is 6.02. The van der Waals surface area contributed by atoms with Gasteiger partial charge in [0.2, 0.25) is 0 Å². The van der Waals surface area contributed by atoms with E-state index in [1.54, 1.807) is 0 Å². The fourth-order valence-electron chi connectivity index (χ4n) is 1.30. The van der Waals surface area contributed by atoms with Crippen molar-refractivity contribution in [2.75, 3.05) is 25.6 Å². The van der Waals surface area contributed by atoms with Crippen LogP contribution in [0.5, 0.6) is 6.01 Å². The zero-order valence-corrected chi connectivity index (χ0v) is 11.5. The van der Waals surface area contributed by atoms with Crippen molar-refractivity contribution in [2.24, 2.45) is 11.7 Å². The van der Waals surface area contributed by atoms with Gasteiger partial charge < -0.3 is 15.4 Å². The number of hydrogen-bond donors (Lipinski definition) is 1. The number of ether oxygens (including phenoxy) is 1. The molecule has 0 bridgehead atoms. The topological polar surface area (TPSA) is 64.3 Å². The van der Waals surface area contributed by atoms with Crippen molar-refractivity contribution in [3.8, 4) is 6.01 Å². The number of rotatable bonds is 5. The molecule has 7 heteroatoms. The van der Waals surface area contributed by atoms with E-state index in [0.717, 1.165) is 0 Å². The largest absolute Gasteiger partial charge is 0.467 e. The highest BCUT2D eigenvalue weighted by atomic mass is 35.5. The fourth-order valence-corrected chi connectivity index (χ4v) is 1.61. The van der Waals surface area contributed by atoms with Crippen LogP contribution in [0.2, 0.25) is 5.02 Å². The lowest BCUT2D eigenvalue weighted by molar-refractivity contribution is 0.380. The van der Waals surface area contributed by atoms with Gasteiger partial charge in [-0.15, -0.1) is 0 Å². The van der Waals surface area contributed by atoms with Crippen molar-refractivity contribution in [3.63, 3.8) is 0 Å². The Morgan fingerprint density at radius 3 is 2.88 bits per heavy atom. The minimum absolute atomic E-state index is 0.0760. The molecule has 2 N–H and O–H groups in total. The third kappa shape index (κ3) is 3.67. The highest BCUT2D eigenvalue weighted by molar-refractivity contribution is 7.80. The lowest BCUT2D eigenvalue weighted by Gasteiger charge is -2.22. The van der Waals surface area contributed by atoms with Crippen LogP contribution in [-0.2, 0) is 0 Å². The second kappa shape index (κ2) is 5.97. The summed E-state index contributed by atoms with van der Waals surface area (Å²) in [7, 11) is 3.37. The number of anilines is 1. The molecule has 0 aliphatic rings. The van der Waals surface area contributed by atoms with Gasteiger partial charge in [0.15, 0.2) is 5.82 Å². The summed E-state index contributed by atoms with van der Waals surface area (Å²) in [5.41, 5.74) is 5.57. The van der Waals surface area contributed by atoms with Crippen LogP contribution in [0, 0.1) is 5.92 Å². The molecule has 0 spiro atoms. The Balaban J connectivity index is 2.87. The molecule has 1 heterocycles. The lowest BCUT2D eigenvalue weighted by Crippen LogP contribution is -2.32. The van der Waals surface area contributed by atoms with Gasteiger partial charge in [-0.3, -0.25) is 0 Å². The number of aromatic nitrogens is 2. The number of halogens is 1. The summed E-state index contributed by atoms with van der Waals surface area (Å²) in [6.07, 6.45) is 1.50. The molecule has 0 aliphatic heterocycles. The van der Waals surface area contributed by atoms with E-state index in [1.165, 1.54) is 13.3 Å². The molecule has 0 aromatic carbocycles. The van der Waals surface area contributed by atoms with Crippen molar-refractivity contribution in [1.82, 2.24) is 9.97 Å². The Kier molecular flexibility index (Phi) is 4.89. The number of methoxy groups -OCH3 is 1. The van der Waals surface area contributed by atoms with Crippen molar-refractivity contribution in [2.45, 2.75) is 6.92 Å². The first-order valence-electron chi connectivity index (χ1n) is 5.02. The summed E-state index contributed by atoms with van der Waals surface area (Å²) in [4.78, 5) is 10.4. The molecule has 17 heavy (non-hydrogen) atoms. The smallest absolute Gasteiger partial charge is 0.318 e. The van der Waals surface area contributed by atoms with Crippen molar-refractivity contribution in [1.29, 1.82) is 0 Å². The highest BCUT2D eigenvalue weighted by Gasteiger charge is 2.14. The van der Waals surface area contributed by atoms with Crippen molar-refractivity contribution in [3.05, 3.63) is 11.2 Å². The molecule has 5 nitrogen and oxygen atoms in total. The lowest BCUT2D eigenvalue weighted by atomic mass is 10.2. The van der Waals surface area contributed by atoms with Crippen LogP contribution in [-0.4, -0.2) is 35.7 Å². The zero-order chi connectivity index (χ0) is 13.0. The Morgan fingerprint density at radius 1 is 1.71 bits per heavy atom. The molecule has 0 aliphatic carbocycles. The normalized spacial score (nSPS) is 12.0. The first kappa shape index (κ1) is 13.9. The number of nitrogens with zero attached hydrogens (tertiary/aromatic N) is 3. The van der Waals surface area contributed by atoms with Gasteiger partial charge in [-0.05, 0) is 0 Å². The first-order chi connectivity index (χ1) is 7.95. The molecule has 1 rings (SSSR count). The molecule has 1 aromatic heterocycles. The predicted molar refractivity (Wildman–Crippen MR) is 72.8 cm³/mol. The quantitative estimate of drug-likeness (QED) is 0.821. The SMILES string of the molecule is COc1ncc(Cl)c(N(C)CC(C)C(N)=S)n1. The Bertz CT molecular complexity index is 415. The third-order valence-corrected chi connectivity index (χ3v) is 2.95. The van der Waals surface area contributed by atoms with Gasteiger partial charge in [0, 0.05) is 19.5 Å². The van der Waals surface area contributed by atoms with Crippen molar-refractivity contribution >= 4 is 34.6 Å². The van der Waals surface area contributed by atoms with Crippen LogP contribution in [0.3, 0.4) is 0 Å². The van der Waals surface area contributed by atoms with Crippen LogP contribution in [0.1, 0.15) is 6.92 Å². The summed E-state index contributed by atoms with van der Waals surface area (Å²) in [6, 6.07) is 0.277. The Morgan fingerprint density at radius 2 is 2.35 bits per heavy atom. The number of hydrogen-bond acceptors (Lipinski definition) is 5. The minimum Gasteiger partial charge on any atom is -0.467 e. The molecule has 1 atom stereocenters. The predicted octanol–water partition coefficient (Wildman–Crippen LogP) is 1.50. The van der Waals surface area contributed by atoms with E-state index in [0.29, 0.717) is 22.4 Å². The standard InChI is InChI=1S/C10H15ClN4OS/c1-6(8(12)17)5-15(2)9-7(11)4-13-10(14-9)16-3/h4,6H,5H2,1-3H3,(H2,12,17). The third-order valence-electron chi connectivity index (χ3n) is 2.28. The highest BCUT2D eigenvalue weighted by Crippen LogP contribution is 2.23. The molecular weight excluding hydrogens is 260 g/mol. The maximum absolute atomic E-state index is 6.02. The van der Waals surface area contributed by atoms with E-state index in [4.69, 9.17) is 34.3 Å². The van der Waals surface area contributed by atoms with E-state index >= 15 is 0 Å². The molecule has 0 saturated carbocycles. The van der Waals surface area contributed by atoms with Crippen LogP contribution in [0.15, 0.2) is 6.20 Å². The second-order valence-corrected chi connectivity index (χ2v) is 4.59. The number of nitrogens with two attached hydrogens (primary N) is 1. The van der Waals surface area contributed by atoms with Crippen LogP contribution < -0.4 is 15.4 Å². The molecule has 1 aromatic rings. The van der Waals surface area contributed by atoms with Crippen LogP contribution >= 0.6 is 23.8 Å². The summed E-state index contributed by atoms with van der Waals surface area (Å²) in [5, 5.41) is 0.462. The Hall–Kier alpha value is -1.14. The van der Waals surface area contributed by atoms with E-state index in [9.17, 15) is 0 Å².